The number of nitrogens with one attached hydrogen (secondary N) is 2. The van der Waals surface area contributed by atoms with E-state index in [1.54, 1.807) is 25.1 Å². The summed E-state index contributed by atoms with van der Waals surface area (Å²) in [6.07, 6.45) is 0.864. The quantitative estimate of drug-likeness (QED) is 0.844. The Bertz CT molecular complexity index is 845. The first-order valence-corrected chi connectivity index (χ1v) is 9.26. The molecular weight excluding hydrogens is 324 g/mol. The normalized spacial score (nSPS) is 11.3. The molecule has 0 bridgehead atoms. The van der Waals surface area contributed by atoms with Gasteiger partial charge in [0, 0.05) is 5.69 Å². The maximum Gasteiger partial charge on any atom is 0.241 e. The molecular formula is C18H22N2O3S. The third-order valence-corrected chi connectivity index (χ3v) is 5.22. The first-order valence-electron chi connectivity index (χ1n) is 7.77. The highest BCUT2D eigenvalue weighted by molar-refractivity contribution is 7.89. The van der Waals surface area contributed by atoms with E-state index in [1.165, 1.54) is 0 Å². The van der Waals surface area contributed by atoms with Crippen LogP contribution in [0.3, 0.4) is 0 Å². The van der Waals surface area contributed by atoms with Gasteiger partial charge in [0.05, 0.1) is 11.4 Å². The Labute approximate surface area is 143 Å². The van der Waals surface area contributed by atoms with Crippen LogP contribution in [0.15, 0.2) is 47.4 Å². The van der Waals surface area contributed by atoms with Crippen LogP contribution in [0.2, 0.25) is 0 Å². The zero-order valence-corrected chi connectivity index (χ0v) is 14.9. The number of sulfonamides is 1. The molecule has 0 saturated carbocycles. The van der Waals surface area contributed by atoms with Crippen molar-refractivity contribution in [3.8, 4) is 0 Å². The van der Waals surface area contributed by atoms with Crippen LogP contribution >= 0.6 is 0 Å². The summed E-state index contributed by atoms with van der Waals surface area (Å²) in [5.41, 5.74) is 3.25. The minimum atomic E-state index is -3.72. The minimum absolute atomic E-state index is 0.197. The molecule has 0 atom stereocenters. The minimum Gasteiger partial charge on any atom is -0.325 e. The standard InChI is InChI=1S/C18H22N2O3S/c1-4-15-6-5-7-16(11-15)20-18(21)12-19-24(22,23)17-10-13(2)8-9-14(17)3/h5-11,19H,4,12H2,1-3H3,(H,20,21). The molecule has 2 aromatic carbocycles. The van der Waals surface area contributed by atoms with Gasteiger partial charge in [-0.25, -0.2) is 13.1 Å². The van der Waals surface area contributed by atoms with Crippen molar-refractivity contribution in [2.75, 3.05) is 11.9 Å². The lowest BCUT2D eigenvalue weighted by molar-refractivity contribution is -0.115. The van der Waals surface area contributed by atoms with Crippen LogP contribution in [0.5, 0.6) is 0 Å². The monoisotopic (exact) mass is 346 g/mol. The summed E-state index contributed by atoms with van der Waals surface area (Å²) >= 11 is 0. The Morgan fingerprint density at radius 1 is 1.08 bits per heavy atom. The zero-order valence-electron chi connectivity index (χ0n) is 14.1. The van der Waals surface area contributed by atoms with Crippen LogP contribution in [-0.2, 0) is 21.2 Å². The molecule has 24 heavy (non-hydrogen) atoms. The van der Waals surface area contributed by atoms with Gasteiger partial charge in [0.2, 0.25) is 15.9 Å². The van der Waals surface area contributed by atoms with Gasteiger partial charge in [-0.1, -0.05) is 31.2 Å². The van der Waals surface area contributed by atoms with Crippen molar-refractivity contribution in [3.63, 3.8) is 0 Å². The van der Waals surface area contributed by atoms with Crippen LogP contribution < -0.4 is 10.0 Å². The predicted molar refractivity (Wildman–Crippen MR) is 95.6 cm³/mol. The molecule has 0 unspecified atom stereocenters. The largest absolute Gasteiger partial charge is 0.325 e. The lowest BCUT2D eigenvalue weighted by atomic mass is 10.1. The Balaban J connectivity index is 2.03. The fourth-order valence-electron chi connectivity index (χ4n) is 2.31. The molecule has 0 heterocycles. The predicted octanol–water partition coefficient (Wildman–Crippen LogP) is 2.78. The summed E-state index contributed by atoms with van der Waals surface area (Å²) in [4.78, 5) is 12.2. The highest BCUT2D eigenvalue weighted by Crippen LogP contribution is 2.16. The van der Waals surface area contributed by atoms with Gasteiger partial charge in [-0.2, -0.15) is 0 Å². The van der Waals surface area contributed by atoms with E-state index in [1.807, 2.05) is 38.1 Å². The zero-order chi connectivity index (χ0) is 17.7. The summed E-state index contributed by atoms with van der Waals surface area (Å²) in [5, 5.41) is 2.70. The van der Waals surface area contributed by atoms with Crippen LogP contribution in [0.25, 0.3) is 0 Å². The Kier molecular flexibility index (Phi) is 5.75. The first-order chi connectivity index (χ1) is 11.3. The van der Waals surface area contributed by atoms with E-state index in [-0.39, 0.29) is 11.4 Å². The molecule has 0 radical (unpaired) electrons. The number of carbonyl (C=O) groups is 1. The Morgan fingerprint density at radius 2 is 1.83 bits per heavy atom. The van der Waals surface area contributed by atoms with Crippen molar-refractivity contribution in [2.24, 2.45) is 0 Å². The van der Waals surface area contributed by atoms with Crippen LogP contribution in [0.1, 0.15) is 23.6 Å². The highest BCUT2D eigenvalue weighted by Gasteiger charge is 2.18. The van der Waals surface area contributed by atoms with E-state index in [2.05, 4.69) is 10.0 Å². The molecule has 1 amide bonds. The summed E-state index contributed by atoms with van der Waals surface area (Å²) < 4.78 is 27.1. The van der Waals surface area contributed by atoms with Crippen molar-refractivity contribution in [1.82, 2.24) is 4.72 Å². The molecule has 5 nitrogen and oxygen atoms in total. The topological polar surface area (TPSA) is 75.3 Å². The van der Waals surface area contributed by atoms with Crippen molar-refractivity contribution < 1.29 is 13.2 Å². The van der Waals surface area contributed by atoms with Crippen LogP contribution in [0.4, 0.5) is 5.69 Å². The van der Waals surface area contributed by atoms with E-state index < -0.39 is 15.9 Å². The second-order valence-corrected chi connectivity index (χ2v) is 7.43. The number of hydrogen-bond donors (Lipinski definition) is 2. The number of benzene rings is 2. The summed E-state index contributed by atoms with van der Waals surface area (Å²) in [6, 6.07) is 12.7. The number of anilines is 1. The first kappa shape index (κ1) is 18.2. The van der Waals surface area contributed by atoms with E-state index in [9.17, 15) is 13.2 Å². The maximum atomic E-state index is 12.4. The van der Waals surface area contributed by atoms with Crippen molar-refractivity contribution in [2.45, 2.75) is 32.1 Å². The summed E-state index contributed by atoms with van der Waals surface area (Å²) in [7, 11) is -3.72. The molecule has 0 aromatic heterocycles. The number of amides is 1. The second kappa shape index (κ2) is 7.59. The van der Waals surface area contributed by atoms with Gasteiger partial charge < -0.3 is 5.32 Å². The molecule has 0 aliphatic heterocycles. The van der Waals surface area contributed by atoms with E-state index in [0.717, 1.165) is 17.5 Å². The third-order valence-electron chi connectivity index (χ3n) is 3.67. The number of aryl methyl sites for hydroxylation is 3. The summed E-state index contributed by atoms with van der Waals surface area (Å²) in [6.45, 7) is 5.27. The van der Waals surface area contributed by atoms with Gasteiger partial charge in [-0.3, -0.25) is 4.79 Å². The van der Waals surface area contributed by atoms with Crippen molar-refractivity contribution in [1.29, 1.82) is 0 Å². The number of carbonyl (C=O) groups excluding carboxylic acids is 1. The average molecular weight is 346 g/mol. The molecule has 0 spiro atoms. The lowest BCUT2D eigenvalue weighted by Crippen LogP contribution is -2.33. The Morgan fingerprint density at radius 3 is 2.54 bits per heavy atom. The van der Waals surface area contributed by atoms with Gasteiger partial charge in [-0.05, 0) is 55.2 Å². The van der Waals surface area contributed by atoms with Crippen LogP contribution in [-0.4, -0.2) is 20.9 Å². The van der Waals surface area contributed by atoms with E-state index in [0.29, 0.717) is 11.3 Å². The Hall–Kier alpha value is -2.18. The molecule has 6 heteroatoms. The molecule has 0 saturated heterocycles. The lowest BCUT2D eigenvalue weighted by Gasteiger charge is -2.11. The molecule has 0 aliphatic rings. The fourth-order valence-corrected chi connectivity index (χ4v) is 3.62. The molecule has 0 fully saturated rings. The van der Waals surface area contributed by atoms with E-state index in [4.69, 9.17) is 0 Å². The smallest absolute Gasteiger partial charge is 0.241 e. The van der Waals surface area contributed by atoms with Crippen LogP contribution in [0, 0.1) is 13.8 Å². The molecule has 128 valence electrons. The van der Waals surface area contributed by atoms with Gasteiger partial charge in [0.25, 0.3) is 0 Å². The van der Waals surface area contributed by atoms with Crippen molar-refractivity contribution in [3.05, 3.63) is 59.2 Å². The summed E-state index contributed by atoms with van der Waals surface area (Å²) in [5.74, 6) is -0.405. The van der Waals surface area contributed by atoms with Gasteiger partial charge in [0.1, 0.15) is 0 Å². The molecule has 2 N–H and O–H groups in total. The second-order valence-electron chi connectivity index (χ2n) is 5.70. The number of rotatable bonds is 6. The van der Waals surface area contributed by atoms with Crippen molar-refractivity contribution >= 4 is 21.6 Å². The van der Waals surface area contributed by atoms with Gasteiger partial charge >= 0.3 is 0 Å². The third kappa shape index (κ3) is 4.66. The fraction of sp³-hybridized carbons (Fsp3) is 0.278. The van der Waals surface area contributed by atoms with Gasteiger partial charge in [0.15, 0.2) is 0 Å². The van der Waals surface area contributed by atoms with Gasteiger partial charge in [-0.15, -0.1) is 0 Å². The SMILES string of the molecule is CCc1cccc(NC(=O)CNS(=O)(=O)c2cc(C)ccc2C)c1. The average Bonchev–Trinajstić information content (AvgIpc) is 2.55. The highest BCUT2D eigenvalue weighted by atomic mass is 32.2. The molecule has 2 aromatic rings. The maximum absolute atomic E-state index is 12.4. The number of hydrogen-bond acceptors (Lipinski definition) is 3. The molecule has 2 rings (SSSR count). The molecule has 0 aliphatic carbocycles. The van der Waals surface area contributed by atoms with E-state index >= 15 is 0 Å².